The van der Waals surface area contributed by atoms with E-state index in [0.717, 1.165) is 30.6 Å². The van der Waals surface area contributed by atoms with Gasteiger partial charge < -0.3 is 5.32 Å². The van der Waals surface area contributed by atoms with E-state index in [1.54, 1.807) is 12.4 Å². The van der Waals surface area contributed by atoms with Crippen LogP contribution in [-0.2, 0) is 12.8 Å². The maximum atomic E-state index is 4.54. The second-order valence-electron chi connectivity index (χ2n) is 5.45. The van der Waals surface area contributed by atoms with Crippen LogP contribution in [0, 0.1) is 0 Å². The van der Waals surface area contributed by atoms with E-state index in [2.05, 4.69) is 44.5 Å². The van der Waals surface area contributed by atoms with Gasteiger partial charge in [-0.05, 0) is 42.5 Å². The lowest BCUT2D eigenvalue weighted by molar-refractivity contribution is 0.609. The Kier molecular flexibility index (Phi) is 2.99. The van der Waals surface area contributed by atoms with Crippen molar-refractivity contribution in [1.82, 2.24) is 15.0 Å². The number of hydrogen-bond acceptors (Lipinski definition) is 4. The summed E-state index contributed by atoms with van der Waals surface area (Å²) in [6.07, 6.45) is 6.68. The average molecular weight is 276 g/mol. The minimum atomic E-state index is 0.432. The molecule has 0 bridgehead atoms. The minimum absolute atomic E-state index is 0.432. The molecule has 3 aromatic rings. The first kappa shape index (κ1) is 12.3. The van der Waals surface area contributed by atoms with Crippen molar-refractivity contribution in [2.75, 3.05) is 5.32 Å². The highest BCUT2D eigenvalue weighted by molar-refractivity contribution is 5.71. The van der Waals surface area contributed by atoms with E-state index in [9.17, 15) is 0 Å². The molecular formula is C17H16N4. The number of nitrogens with zero attached hydrogens (tertiary/aromatic N) is 3. The molecule has 104 valence electrons. The molecule has 0 spiro atoms. The molecule has 1 N–H and O–H groups in total. The van der Waals surface area contributed by atoms with E-state index in [-0.39, 0.29) is 0 Å². The molecule has 4 heteroatoms. The smallest absolute Gasteiger partial charge is 0.180 e. The Morgan fingerprint density at radius 2 is 1.81 bits per heavy atom. The van der Waals surface area contributed by atoms with Crippen molar-refractivity contribution in [2.24, 2.45) is 0 Å². The van der Waals surface area contributed by atoms with Crippen molar-refractivity contribution in [3.63, 3.8) is 0 Å². The first-order chi connectivity index (χ1) is 10.4. The van der Waals surface area contributed by atoms with Crippen LogP contribution < -0.4 is 5.32 Å². The fourth-order valence-electron chi connectivity index (χ4n) is 2.96. The van der Waals surface area contributed by atoms with E-state index < -0.39 is 0 Å². The van der Waals surface area contributed by atoms with Gasteiger partial charge in [-0.15, -0.1) is 0 Å². The highest BCUT2D eigenvalue weighted by Gasteiger charge is 2.18. The molecule has 0 aliphatic heterocycles. The summed E-state index contributed by atoms with van der Waals surface area (Å²) in [4.78, 5) is 13.0. The Labute approximate surface area is 123 Å². The third-order valence-corrected chi connectivity index (χ3v) is 4.03. The second kappa shape index (κ2) is 5.13. The molecule has 0 fully saturated rings. The van der Waals surface area contributed by atoms with Crippen molar-refractivity contribution in [3.8, 4) is 0 Å². The molecule has 2 aromatic heterocycles. The normalized spacial score (nSPS) is 17.4. The van der Waals surface area contributed by atoms with Crippen LogP contribution in [0.4, 0.5) is 5.82 Å². The van der Waals surface area contributed by atoms with Gasteiger partial charge in [0.05, 0.1) is 0 Å². The highest BCUT2D eigenvalue weighted by Crippen LogP contribution is 2.23. The van der Waals surface area contributed by atoms with Gasteiger partial charge in [0, 0.05) is 18.4 Å². The summed E-state index contributed by atoms with van der Waals surface area (Å²) in [7, 11) is 0. The summed E-state index contributed by atoms with van der Waals surface area (Å²) in [5.74, 6) is 0.882. The number of aromatic nitrogens is 3. The van der Waals surface area contributed by atoms with Crippen molar-refractivity contribution in [1.29, 1.82) is 0 Å². The first-order valence-electron chi connectivity index (χ1n) is 7.29. The molecule has 1 unspecified atom stereocenters. The standard InChI is InChI=1S/C17H16N4/c1-2-4-13-11-14(6-5-12(13)3-1)20-16-8-7-15-17(21-16)19-10-9-18-15/h1-4,7-10,14H,5-6,11H2,(H,19,20,21). The lowest BCUT2D eigenvalue weighted by atomic mass is 9.88. The monoisotopic (exact) mass is 276 g/mol. The molecule has 1 aliphatic rings. The quantitative estimate of drug-likeness (QED) is 0.781. The number of nitrogens with one attached hydrogen (secondary N) is 1. The maximum absolute atomic E-state index is 4.54. The molecule has 4 nitrogen and oxygen atoms in total. The van der Waals surface area contributed by atoms with Crippen LogP contribution in [-0.4, -0.2) is 21.0 Å². The second-order valence-corrected chi connectivity index (χ2v) is 5.45. The average Bonchev–Trinajstić information content (AvgIpc) is 2.55. The van der Waals surface area contributed by atoms with Crippen molar-refractivity contribution in [2.45, 2.75) is 25.3 Å². The van der Waals surface area contributed by atoms with Crippen LogP contribution in [0.1, 0.15) is 17.5 Å². The van der Waals surface area contributed by atoms with Gasteiger partial charge in [0.2, 0.25) is 0 Å². The highest BCUT2D eigenvalue weighted by atomic mass is 15.0. The first-order valence-corrected chi connectivity index (χ1v) is 7.29. The van der Waals surface area contributed by atoms with Crippen LogP contribution >= 0.6 is 0 Å². The zero-order valence-electron chi connectivity index (χ0n) is 11.7. The van der Waals surface area contributed by atoms with Crippen molar-refractivity contribution in [3.05, 3.63) is 59.9 Å². The van der Waals surface area contributed by atoms with Crippen LogP contribution in [0.3, 0.4) is 0 Å². The number of hydrogen-bond donors (Lipinski definition) is 1. The Morgan fingerprint density at radius 1 is 0.952 bits per heavy atom. The summed E-state index contributed by atoms with van der Waals surface area (Å²) >= 11 is 0. The molecule has 2 heterocycles. The molecule has 1 atom stereocenters. The number of fused-ring (bicyclic) bond motifs is 2. The Balaban J connectivity index is 1.55. The van der Waals surface area contributed by atoms with E-state index in [1.807, 2.05) is 12.1 Å². The van der Waals surface area contributed by atoms with Gasteiger partial charge in [0.25, 0.3) is 0 Å². The maximum Gasteiger partial charge on any atom is 0.180 e. The van der Waals surface area contributed by atoms with Crippen molar-refractivity contribution < 1.29 is 0 Å². The van der Waals surface area contributed by atoms with Gasteiger partial charge in [-0.25, -0.2) is 9.97 Å². The van der Waals surface area contributed by atoms with Crippen LogP contribution in [0.5, 0.6) is 0 Å². The van der Waals surface area contributed by atoms with Gasteiger partial charge in [-0.1, -0.05) is 24.3 Å². The lowest BCUT2D eigenvalue weighted by Crippen LogP contribution is -2.27. The molecule has 1 aromatic carbocycles. The Bertz CT molecular complexity index is 784. The van der Waals surface area contributed by atoms with Gasteiger partial charge in [0.1, 0.15) is 11.3 Å². The molecule has 0 saturated heterocycles. The third kappa shape index (κ3) is 2.44. The van der Waals surface area contributed by atoms with Crippen molar-refractivity contribution >= 4 is 17.0 Å². The predicted molar refractivity (Wildman–Crippen MR) is 83.2 cm³/mol. The number of anilines is 1. The fraction of sp³-hybridized carbons (Fsp3) is 0.235. The third-order valence-electron chi connectivity index (χ3n) is 4.03. The summed E-state index contributed by atoms with van der Waals surface area (Å²) in [5, 5.41) is 3.53. The van der Waals surface area contributed by atoms with Gasteiger partial charge >= 0.3 is 0 Å². The number of rotatable bonds is 2. The molecule has 0 radical (unpaired) electrons. The van der Waals surface area contributed by atoms with Gasteiger partial charge in [-0.3, -0.25) is 4.98 Å². The topological polar surface area (TPSA) is 50.7 Å². The summed E-state index contributed by atoms with van der Waals surface area (Å²) in [6, 6.07) is 13.1. The summed E-state index contributed by atoms with van der Waals surface area (Å²) in [5.41, 5.74) is 4.45. The number of pyridine rings is 1. The minimum Gasteiger partial charge on any atom is -0.367 e. The Morgan fingerprint density at radius 3 is 2.76 bits per heavy atom. The molecule has 4 rings (SSSR count). The van der Waals surface area contributed by atoms with Gasteiger partial charge in [-0.2, -0.15) is 0 Å². The Hall–Kier alpha value is -2.49. The molecule has 1 aliphatic carbocycles. The zero-order valence-corrected chi connectivity index (χ0v) is 11.7. The SMILES string of the molecule is c1ccc2c(c1)CCC(Nc1ccc3nccnc3n1)C2. The summed E-state index contributed by atoms with van der Waals surface area (Å²) in [6.45, 7) is 0. The van der Waals surface area contributed by atoms with E-state index in [0.29, 0.717) is 11.7 Å². The van der Waals surface area contributed by atoms with Crippen LogP contribution in [0.25, 0.3) is 11.2 Å². The van der Waals surface area contributed by atoms with Crippen LogP contribution in [0.15, 0.2) is 48.8 Å². The predicted octanol–water partition coefficient (Wildman–Crippen LogP) is 2.99. The molecule has 0 saturated carbocycles. The largest absolute Gasteiger partial charge is 0.367 e. The number of benzene rings is 1. The number of aryl methyl sites for hydroxylation is 1. The molecule has 0 amide bonds. The molecular weight excluding hydrogens is 260 g/mol. The van der Waals surface area contributed by atoms with Crippen LogP contribution in [0.2, 0.25) is 0 Å². The zero-order chi connectivity index (χ0) is 14.1. The molecule has 21 heavy (non-hydrogen) atoms. The van der Waals surface area contributed by atoms with E-state index >= 15 is 0 Å². The van der Waals surface area contributed by atoms with E-state index in [4.69, 9.17) is 0 Å². The summed E-state index contributed by atoms with van der Waals surface area (Å²) < 4.78 is 0. The fourth-order valence-corrected chi connectivity index (χ4v) is 2.96. The van der Waals surface area contributed by atoms with E-state index in [1.165, 1.54) is 11.1 Å². The lowest BCUT2D eigenvalue weighted by Gasteiger charge is -2.25. The van der Waals surface area contributed by atoms with Gasteiger partial charge in [0.15, 0.2) is 5.65 Å².